The normalized spacial score (nSPS) is 15.8. The van der Waals surface area contributed by atoms with E-state index in [1.807, 2.05) is 0 Å². The quantitative estimate of drug-likeness (QED) is 0.154. The summed E-state index contributed by atoms with van der Waals surface area (Å²) in [5.41, 5.74) is 45.7. The molecule has 0 amide bonds. The maximum absolute atomic E-state index is 2.85. The van der Waals surface area contributed by atoms with Crippen molar-refractivity contribution >= 4 is 103 Å². The number of benzene rings is 12. The van der Waals surface area contributed by atoms with Crippen molar-refractivity contribution in [1.29, 1.82) is 0 Å². The van der Waals surface area contributed by atoms with E-state index in [1.165, 1.54) is 290 Å². The Morgan fingerprint density at radius 1 is 0.229 bits per heavy atom. The lowest BCUT2D eigenvalue weighted by Gasteiger charge is -2.41. The van der Waals surface area contributed by atoms with Crippen molar-refractivity contribution in [3.05, 3.63) is 275 Å². The highest BCUT2D eigenvalue weighted by Gasteiger charge is 2.48. The maximum Gasteiger partial charge on any atom is 0.333 e. The van der Waals surface area contributed by atoms with Gasteiger partial charge in [0, 0.05) is 67.1 Å². The van der Waals surface area contributed by atoms with E-state index in [0.29, 0.717) is 0 Å². The number of aromatic nitrogens is 2. The summed E-state index contributed by atoms with van der Waals surface area (Å²) in [5.74, 6) is 0. The summed E-state index contributed by atoms with van der Waals surface area (Å²) in [7, 11) is 0. The molecule has 14 aromatic rings. The van der Waals surface area contributed by atoms with E-state index in [2.05, 4.69) is 249 Å². The van der Waals surface area contributed by atoms with Crippen LogP contribution in [0.3, 0.4) is 0 Å². The second kappa shape index (κ2) is 20.6. The first-order chi connectivity index (χ1) is 47.6. The van der Waals surface area contributed by atoms with Crippen LogP contribution in [0.15, 0.2) is 231 Å². The van der Waals surface area contributed by atoms with Gasteiger partial charge in [0.1, 0.15) is 0 Å². The molecule has 0 bridgehead atoms. The summed E-state index contributed by atoms with van der Waals surface area (Å²) in [6, 6.07) is 92.1. The van der Waals surface area contributed by atoms with Crippen LogP contribution in [0.4, 0.5) is 34.1 Å². The number of anilines is 6. The number of aryl methyl sites for hydroxylation is 8. The Morgan fingerprint density at radius 3 is 0.906 bits per heavy atom. The number of fused-ring (bicyclic) bond motifs is 17. The number of hydrogen-bond donors (Lipinski definition) is 0. The summed E-state index contributed by atoms with van der Waals surface area (Å²) < 4.78 is 5.70. The molecule has 4 aliphatic heterocycles. The van der Waals surface area contributed by atoms with Gasteiger partial charge in [-0.15, -0.1) is 0 Å². The van der Waals surface area contributed by atoms with Crippen molar-refractivity contribution in [3.8, 4) is 66.8 Å². The number of para-hydroxylation sites is 2. The standard InChI is InChI=1S/C90H70B2N4/c1-5-17-61-49-65(33-29-55(61)13-1)59-37-43-71(44-38-59)93-81-47-41-69(67-35-31-57-15-3-7-19-63(57)51-67)53-79(81)91-85-73(21-11-27-83(85)93)75-23-9-25-77-87(75)95(91)89-78-26-10-24-76-74-22-12-28-84-86(74)92(96(88(76)78)90(77)89)80-54-70(68-36-32-58-16-4-8-20-64(58)52-68)42-48-82(80)94(84)72-45-39-60(40-46-72)66-34-30-56-14-2-6-18-62(56)50-66/h9-12,21-54H,1-8,13-20H2. The van der Waals surface area contributed by atoms with E-state index in [1.54, 1.807) is 0 Å². The van der Waals surface area contributed by atoms with Gasteiger partial charge in [-0.3, -0.25) is 0 Å². The second-order valence-electron chi connectivity index (χ2n) is 29.2. The molecular formula is C90H70B2N4. The average molecular weight is 1230 g/mol. The summed E-state index contributed by atoms with van der Waals surface area (Å²) in [6.45, 7) is -0.250. The topological polar surface area (TPSA) is 16.3 Å². The maximum atomic E-state index is 2.85. The molecule has 6 heteroatoms. The minimum Gasteiger partial charge on any atom is -0.374 e. The van der Waals surface area contributed by atoms with Crippen molar-refractivity contribution < 1.29 is 0 Å². The van der Waals surface area contributed by atoms with E-state index in [4.69, 9.17) is 0 Å². The van der Waals surface area contributed by atoms with E-state index in [9.17, 15) is 0 Å². The van der Waals surface area contributed by atoms with Crippen LogP contribution >= 0.6 is 0 Å². The van der Waals surface area contributed by atoms with Crippen molar-refractivity contribution in [1.82, 2.24) is 8.96 Å². The highest BCUT2D eigenvalue weighted by atomic mass is 15.2. The first-order valence-corrected chi connectivity index (χ1v) is 36.0. The van der Waals surface area contributed by atoms with Crippen molar-refractivity contribution in [2.75, 3.05) is 9.80 Å². The lowest BCUT2D eigenvalue weighted by atomic mass is 9.45. The smallest absolute Gasteiger partial charge is 0.333 e. The predicted molar refractivity (Wildman–Crippen MR) is 404 cm³/mol. The average Bonchev–Trinajstić information content (AvgIpc) is 1.50. The summed E-state index contributed by atoms with van der Waals surface area (Å²) in [6.07, 6.45) is 19.6. The van der Waals surface area contributed by atoms with Gasteiger partial charge >= 0.3 is 13.7 Å². The lowest BCUT2D eigenvalue weighted by Crippen LogP contribution is -2.56. The molecule has 4 aliphatic carbocycles. The van der Waals surface area contributed by atoms with Crippen LogP contribution in [0.1, 0.15) is 95.9 Å². The van der Waals surface area contributed by atoms with Gasteiger partial charge in [-0.1, -0.05) is 182 Å². The van der Waals surface area contributed by atoms with Gasteiger partial charge in [-0.05, 0) is 273 Å². The Labute approximate surface area is 562 Å². The minimum absolute atomic E-state index is 0.125. The number of rotatable bonds is 6. The van der Waals surface area contributed by atoms with Crippen molar-refractivity contribution in [3.63, 3.8) is 0 Å². The van der Waals surface area contributed by atoms with Gasteiger partial charge in [0.15, 0.2) is 0 Å². The predicted octanol–water partition coefficient (Wildman–Crippen LogP) is 19.8. The monoisotopic (exact) mass is 1230 g/mol. The first kappa shape index (κ1) is 54.0. The summed E-state index contributed by atoms with van der Waals surface area (Å²) in [4.78, 5) is 5.20. The molecule has 6 heterocycles. The highest BCUT2D eigenvalue weighted by Crippen LogP contribution is 2.52. The molecule has 0 saturated carbocycles. The molecular weight excluding hydrogens is 1160 g/mol. The largest absolute Gasteiger partial charge is 0.374 e. The molecule has 0 saturated heterocycles. The van der Waals surface area contributed by atoms with E-state index in [0.717, 1.165) is 12.8 Å². The van der Waals surface area contributed by atoms with Crippen LogP contribution in [0, 0.1) is 0 Å². The van der Waals surface area contributed by atoms with E-state index < -0.39 is 0 Å². The van der Waals surface area contributed by atoms with E-state index in [-0.39, 0.29) is 13.7 Å². The van der Waals surface area contributed by atoms with Gasteiger partial charge in [0.2, 0.25) is 0 Å². The second-order valence-corrected chi connectivity index (χ2v) is 29.2. The molecule has 12 aromatic carbocycles. The van der Waals surface area contributed by atoms with Crippen LogP contribution < -0.4 is 31.7 Å². The Balaban J connectivity index is 0.770. The van der Waals surface area contributed by atoms with Crippen LogP contribution in [0.5, 0.6) is 0 Å². The fraction of sp³-hybridized carbons (Fsp3) is 0.178. The van der Waals surface area contributed by atoms with Crippen LogP contribution in [-0.2, 0) is 51.4 Å². The summed E-state index contributed by atoms with van der Waals surface area (Å²) >= 11 is 0. The third kappa shape index (κ3) is 7.76. The van der Waals surface area contributed by atoms with Crippen molar-refractivity contribution in [2.24, 2.45) is 0 Å². The van der Waals surface area contributed by atoms with Crippen LogP contribution in [0.25, 0.3) is 99.6 Å². The zero-order valence-corrected chi connectivity index (χ0v) is 54.2. The molecule has 0 spiro atoms. The zero-order valence-electron chi connectivity index (χ0n) is 54.2. The molecule has 0 fully saturated rings. The molecule has 0 atom stereocenters. The van der Waals surface area contributed by atoms with Gasteiger partial charge in [0.05, 0.1) is 11.0 Å². The van der Waals surface area contributed by atoms with Gasteiger partial charge < -0.3 is 18.8 Å². The zero-order chi connectivity index (χ0) is 62.4. The Morgan fingerprint density at radius 2 is 0.531 bits per heavy atom. The van der Waals surface area contributed by atoms with Gasteiger partial charge in [-0.2, -0.15) is 0 Å². The fourth-order valence-electron chi connectivity index (χ4n) is 19.7. The molecule has 8 aliphatic rings. The molecule has 456 valence electrons. The molecule has 0 N–H and O–H groups in total. The lowest BCUT2D eigenvalue weighted by molar-refractivity contribution is 0.686. The van der Waals surface area contributed by atoms with Crippen LogP contribution in [0.2, 0.25) is 0 Å². The van der Waals surface area contributed by atoms with Crippen molar-refractivity contribution in [2.45, 2.75) is 103 Å². The van der Waals surface area contributed by atoms with Crippen LogP contribution in [-0.4, -0.2) is 22.7 Å². The number of nitrogens with zero attached hydrogens (tertiary/aromatic N) is 4. The molecule has 96 heavy (non-hydrogen) atoms. The third-order valence-corrected chi connectivity index (χ3v) is 24.2. The minimum atomic E-state index is -0.125. The van der Waals surface area contributed by atoms with E-state index >= 15 is 0 Å². The molecule has 0 unspecified atom stereocenters. The summed E-state index contributed by atoms with van der Waals surface area (Å²) in [5, 5.41) is 2.61. The molecule has 0 radical (unpaired) electrons. The third-order valence-electron chi connectivity index (χ3n) is 24.2. The molecule has 22 rings (SSSR count). The Kier molecular flexibility index (Phi) is 11.6. The Bertz CT molecular complexity index is 5350. The highest BCUT2D eigenvalue weighted by molar-refractivity contribution is 6.92. The first-order valence-electron chi connectivity index (χ1n) is 36.0. The number of hydrogen-bond acceptors (Lipinski definition) is 2. The molecule has 2 aromatic heterocycles. The molecule has 4 nitrogen and oxygen atoms in total. The van der Waals surface area contributed by atoms with Gasteiger partial charge in [0.25, 0.3) is 0 Å². The Hall–Kier alpha value is -10.3. The van der Waals surface area contributed by atoms with Gasteiger partial charge in [-0.25, -0.2) is 0 Å². The fourth-order valence-corrected chi connectivity index (χ4v) is 19.7. The SMILES string of the molecule is c1cc2c3c(c1)N(c1ccc(-c4ccc5c(c4)CCCC5)cc1)c1ccc(-c4ccc5c(c4)CCCC5)cc1B3n1c3c-2cccc3c2c1c1cccc3c1n2B1c2cc(-c4ccc5c(c4)CCCC5)ccc2N(c2ccc(-c4ccc5c(c4)CCCC5)cc2)c2cccc-3c21.